The van der Waals surface area contributed by atoms with Crippen molar-refractivity contribution in [2.24, 2.45) is 0 Å². The highest BCUT2D eigenvalue weighted by atomic mass is 32.2. The molecular weight excluding hydrogens is 398 g/mol. The number of benzene rings is 2. The number of phenols is 1. The summed E-state index contributed by atoms with van der Waals surface area (Å²) in [5, 5.41) is 14.6. The monoisotopic (exact) mass is 421 g/mol. The summed E-state index contributed by atoms with van der Waals surface area (Å²) in [5.41, 5.74) is 0.261. The lowest BCUT2D eigenvalue weighted by molar-refractivity contribution is -0.115. The molecular formula is C19H23N3O6S. The SMILES string of the molecule is CCNC(C)OC(=O)c1ccccc1S(=O)(=O)NCC(=O)Nc1ccc(O)cc1. The Balaban J connectivity index is 2.07. The maximum Gasteiger partial charge on any atom is 0.341 e. The Morgan fingerprint density at radius 2 is 1.76 bits per heavy atom. The van der Waals surface area contributed by atoms with Crippen LogP contribution in [0.15, 0.2) is 53.4 Å². The van der Waals surface area contributed by atoms with Gasteiger partial charge in [-0.2, -0.15) is 0 Å². The summed E-state index contributed by atoms with van der Waals surface area (Å²) >= 11 is 0. The molecule has 10 heteroatoms. The highest BCUT2D eigenvalue weighted by molar-refractivity contribution is 7.89. The predicted molar refractivity (Wildman–Crippen MR) is 107 cm³/mol. The molecule has 0 aliphatic carbocycles. The van der Waals surface area contributed by atoms with Crippen LogP contribution in [-0.2, 0) is 19.6 Å². The van der Waals surface area contributed by atoms with Gasteiger partial charge in [-0.3, -0.25) is 10.1 Å². The number of carbonyl (C=O) groups is 2. The second-order valence-corrected chi connectivity index (χ2v) is 7.76. The Labute approximate surface area is 169 Å². The smallest absolute Gasteiger partial charge is 0.341 e. The summed E-state index contributed by atoms with van der Waals surface area (Å²) in [6.07, 6.45) is -0.590. The van der Waals surface area contributed by atoms with Crippen LogP contribution in [0.5, 0.6) is 5.75 Å². The van der Waals surface area contributed by atoms with Gasteiger partial charge in [0.15, 0.2) is 6.23 Å². The van der Waals surface area contributed by atoms with Crippen LogP contribution in [0.3, 0.4) is 0 Å². The van der Waals surface area contributed by atoms with E-state index in [0.717, 1.165) is 0 Å². The molecule has 0 aliphatic rings. The average Bonchev–Trinajstić information content (AvgIpc) is 2.68. The van der Waals surface area contributed by atoms with Gasteiger partial charge in [0.1, 0.15) is 5.75 Å². The van der Waals surface area contributed by atoms with E-state index in [-0.39, 0.29) is 16.2 Å². The standard InChI is InChI=1S/C19H23N3O6S/c1-3-20-13(2)28-19(25)16-6-4-5-7-17(16)29(26,27)21-12-18(24)22-14-8-10-15(23)11-9-14/h4-11,13,20-21,23H,3,12H2,1-2H3,(H,22,24). The number of hydrogen-bond donors (Lipinski definition) is 4. The molecule has 156 valence electrons. The molecule has 1 amide bonds. The molecule has 0 bridgehead atoms. The summed E-state index contributed by atoms with van der Waals surface area (Å²) in [5.74, 6) is -1.37. The number of amides is 1. The zero-order valence-electron chi connectivity index (χ0n) is 16.0. The fourth-order valence-corrected chi connectivity index (χ4v) is 3.59. The molecule has 2 aromatic carbocycles. The van der Waals surface area contributed by atoms with E-state index in [2.05, 4.69) is 15.4 Å². The molecule has 29 heavy (non-hydrogen) atoms. The van der Waals surface area contributed by atoms with Gasteiger partial charge in [0.05, 0.1) is 17.0 Å². The first kappa shape index (κ1) is 22.3. The summed E-state index contributed by atoms with van der Waals surface area (Å²) in [7, 11) is -4.15. The molecule has 0 heterocycles. The number of hydrogen-bond acceptors (Lipinski definition) is 7. The van der Waals surface area contributed by atoms with Crippen LogP contribution in [-0.4, -0.2) is 44.7 Å². The Hall–Kier alpha value is -2.95. The number of nitrogens with one attached hydrogen (secondary N) is 3. The van der Waals surface area contributed by atoms with Crippen LogP contribution in [0.4, 0.5) is 5.69 Å². The number of anilines is 1. The maximum absolute atomic E-state index is 12.6. The van der Waals surface area contributed by atoms with Crippen LogP contribution in [0.25, 0.3) is 0 Å². The lowest BCUT2D eigenvalue weighted by Gasteiger charge is -2.15. The highest BCUT2D eigenvalue weighted by Gasteiger charge is 2.24. The molecule has 2 aromatic rings. The van der Waals surface area contributed by atoms with Crippen LogP contribution in [0.1, 0.15) is 24.2 Å². The fraction of sp³-hybridized carbons (Fsp3) is 0.263. The van der Waals surface area contributed by atoms with Gasteiger partial charge in [-0.1, -0.05) is 19.1 Å². The van der Waals surface area contributed by atoms with E-state index in [1.54, 1.807) is 6.92 Å². The second-order valence-electron chi connectivity index (χ2n) is 6.02. The van der Waals surface area contributed by atoms with Crippen LogP contribution < -0.4 is 15.4 Å². The van der Waals surface area contributed by atoms with E-state index in [4.69, 9.17) is 4.74 Å². The largest absolute Gasteiger partial charge is 0.508 e. The molecule has 0 fully saturated rings. The van der Waals surface area contributed by atoms with Gasteiger partial charge < -0.3 is 15.2 Å². The minimum absolute atomic E-state index is 0.0376. The van der Waals surface area contributed by atoms with Crippen molar-refractivity contribution in [3.63, 3.8) is 0 Å². The summed E-state index contributed by atoms with van der Waals surface area (Å²) in [6, 6.07) is 11.3. The molecule has 0 aliphatic heterocycles. The van der Waals surface area contributed by atoms with Crippen molar-refractivity contribution in [2.75, 3.05) is 18.4 Å². The molecule has 9 nitrogen and oxygen atoms in total. The van der Waals surface area contributed by atoms with Crippen LogP contribution >= 0.6 is 0 Å². The van der Waals surface area contributed by atoms with E-state index in [0.29, 0.717) is 12.2 Å². The Bertz CT molecular complexity index is 960. The number of aromatic hydroxyl groups is 1. The minimum atomic E-state index is -4.15. The molecule has 2 rings (SSSR count). The maximum atomic E-state index is 12.6. The highest BCUT2D eigenvalue weighted by Crippen LogP contribution is 2.17. The van der Waals surface area contributed by atoms with Crippen LogP contribution in [0, 0.1) is 0 Å². The molecule has 4 N–H and O–H groups in total. The topological polar surface area (TPSA) is 134 Å². The first-order valence-electron chi connectivity index (χ1n) is 8.85. The van der Waals surface area contributed by atoms with E-state index < -0.39 is 34.7 Å². The summed E-state index contributed by atoms with van der Waals surface area (Å²) in [6.45, 7) is 3.51. The predicted octanol–water partition coefficient (Wildman–Crippen LogP) is 1.42. The second kappa shape index (κ2) is 10.0. The molecule has 0 saturated heterocycles. The number of ether oxygens (including phenoxy) is 1. The molecule has 1 atom stereocenters. The number of carbonyl (C=O) groups excluding carboxylic acids is 2. The Morgan fingerprint density at radius 3 is 2.41 bits per heavy atom. The molecule has 0 radical (unpaired) electrons. The van der Waals surface area contributed by atoms with Gasteiger partial charge in [-0.15, -0.1) is 0 Å². The fourth-order valence-electron chi connectivity index (χ4n) is 2.41. The zero-order valence-corrected chi connectivity index (χ0v) is 16.8. The van der Waals surface area contributed by atoms with Crippen molar-refractivity contribution < 1.29 is 27.9 Å². The lowest BCUT2D eigenvalue weighted by atomic mass is 10.2. The minimum Gasteiger partial charge on any atom is -0.508 e. The third kappa shape index (κ3) is 6.56. The van der Waals surface area contributed by atoms with Gasteiger partial charge in [-0.25, -0.2) is 17.9 Å². The van der Waals surface area contributed by atoms with E-state index in [9.17, 15) is 23.1 Å². The number of rotatable bonds is 9. The average molecular weight is 421 g/mol. The third-order valence-electron chi connectivity index (χ3n) is 3.75. The van der Waals surface area contributed by atoms with Crippen molar-refractivity contribution in [2.45, 2.75) is 25.0 Å². The number of sulfonamides is 1. The zero-order chi connectivity index (χ0) is 21.4. The first-order chi connectivity index (χ1) is 13.7. The van der Waals surface area contributed by atoms with Gasteiger partial charge in [0.2, 0.25) is 15.9 Å². The summed E-state index contributed by atoms with van der Waals surface area (Å²) in [4.78, 5) is 24.1. The van der Waals surface area contributed by atoms with E-state index in [1.807, 2.05) is 6.92 Å². The van der Waals surface area contributed by atoms with Gasteiger partial charge in [0.25, 0.3) is 0 Å². The van der Waals surface area contributed by atoms with E-state index in [1.165, 1.54) is 48.5 Å². The third-order valence-corrected chi connectivity index (χ3v) is 5.21. The first-order valence-corrected chi connectivity index (χ1v) is 10.3. The van der Waals surface area contributed by atoms with Gasteiger partial charge in [0, 0.05) is 5.69 Å². The van der Waals surface area contributed by atoms with Crippen LogP contribution in [0.2, 0.25) is 0 Å². The van der Waals surface area contributed by atoms with E-state index >= 15 is 0 Å². The van der Waals surface area contributed by atoms with Crippen molar-refractivity contribution in [1.29, 1.82) is 0 Å². The van der Waals surface area contributed by atoms with Crippen molar-refractivity contribution in [3.05, 3.63) is 54.1 Å². The number of esters is 1. The van der Waals surface area contributed by atoms with Gasteiger partial charge >= 0.3 is 5.97 Å². The summed E-state index contributed by atoms with van der Waals surface area (Å²) < 4.78 is 32.6. The van der Waals surface area contributed by atoms with Crippen molar-refractivity contribution >= 4 is 27.6 Å². The molecule has 0 spiro atoms. The quantitative estimate of drug-likeness (QED) is 0.273. The lowest BCUT2D eigenvalue weighted by Crippen LogP contribution is -2.34. The normalized spacial score (nSPS) is 12.2. The Kier molecular flexibility index (Phi) is 7.71. The number of phenolic OH excluding ortho intramolecular Hbond substituents is 1. The Morgan fingerprint density at radius 1 is 1.10 bits per heavy atom. The van der Waals surface area contributed by atoms with Crippen molar-refractivity contribution in [1.82, 2.24) is 10.0 Å². The molecule has 1 unspecified atom stereocenters. The van der Waals surface area contributed by atoms with Gasteiger partial charge in [-0.05, 0) is 49.9 Å². The van der Waals surface area contributed by atoms with Crippen molar-refractivity contribution in [3.8, 4) is 5.75 Å². The molecule has 0 aromatic heterocycles. The molecule has 0 saturated carbocycles.